The van der Waals surface area contributed by atoms with Crippen LogP contribution in [0.2, 0.25) is 0 Å². The number of thioether (sulfide) groups is 1. The average molecular weight is 580 g/mol. The van der Waals surface area contributed by atoms with Crippen molar-refractivity contribution in [2.45, 2.75) is 83.4 Å². The van der Waals surface area contributed by atoms with Crippen LogP contribution in [0.1, 0.15) is 78.0 Å². The van der Waals surface area contributed by atoms with E-state index in [1.807, 2.05) is 20.8 Å². The summed E-state index contributed by atoms with van der Waals surface area (Å²) in [6.07, 6.45) is 4.09. The van der Waals surface area contributed by atoms with Crippen molar-refractivity contribution >= 4 is 23.8 Å². The molecule has 2 aliphatic heterocycles. The van der Waals surface area contributed by atoms with E-state index in [0.717, 1.165) is 32.5 Å². The number of carbonyl (C=O) groups excluding carboxylic acids is 2. The Bertz CT molecular complexity index is 1150. The number of likely N-dealkylation sites (tertiary alicyclic amines) is 1. The van der Waals surface area contributed by atoms with Gasteiger partial charge in [-0.2, -0.15) is 0 Å². The zero-order valence-electron chi connectivity index (χ0n) is 26.1. The highest BCUT2D eigenvalue weighted by Gasteiger charge is 2.41. The van der Waals surface area contributed by atoms with Gasteiger partial charge in [-0.05, 0) is 74.5 Å². The Kier molecular flexibility index (Phi) is 10.1. The first-order valence-corrected chi connectivity index (χ1v) is 16.3. The van der Waals surface area contributed by atoms with Crippen LogP contribution in [0, 0.1) is 11.3 Å². The number of ether oxygens (including phenoxy) is 1. The minimum atomic E-state index is -0.494. The first kappa shape index (κ1) is 31.4. The summed E-state index contributed by atoms with van der Waals surface area (Å²) in [7, 11) is 0. The number of piperazine rings is 1. The molecule has 2 heterocycles. The van der Waals surface area contributed by atoms with Gasteiger partial charge in [0.1, 0.15) is 5.60 Å². The molecule has 2 amide bonds. The number of piperidine rings is 1. The van der Waals surface area contributed by atoms with Crippen LogP contribution in [0.4, 0.5) is 4.79 Å². The number of carbonyl (C=O) groups is 2. The van der Waals surface area contributed by atoms with Crippen LogP contribution < -0.4 is 0 Å². The van der Waals surface area contributed by atoms with Gasteiger partial charge in [0, 0.05) is 50.1 Å². The number of hydrogen-bond acceptors (Lipinski definition) is 5. The third-order valence-electron chi connectivity index (χ3n) is 8.37. The van der Waals surface area contributed by atoms with Gasteiger partial charge in [0.25, 0.3) is 0 Å². The van der Waals surface area contributed by atoms with E-state index < -0.39 is 5.60 Å². The fourth-order valence-corrected chi connectivity index (χ4v) is 6.53. The molecule has 2 saturated heterocycles. The van der Waals surface area contributed by atoms with E-state index in [1.165, 1.54) is 16.0 Å². The molecule has 4 rings (SSSR count). The van der Waals surface area contributed by atoms with Crippen molar-refractivity contribution < 1.29 is 14.3 Å². The van der Waals surface area contributed by atoms with Gasteiger partial charge in [-0.1, -0.05) is 63.2 Å². The molecule has 6 nitrogen and oxygen atoms in total. The second kappa shape index (κ2) is 13.2. The lowest BCUT2D eigenvalue weighted by molar-refractivity contribution is -0.141. The molecular formula is C34H49N3O3S. The normalized spacial score (nSPS) is 20.1. The van der Waals surface area contributed by atoms with Gasteiger partial charge in [0.2, 0.25) is 5.91 Å². The molecule has 2 atom stereocenters. The van der Waals surface area contributed by atoms with E-state index in [0.29, 0.717) is 25.4 Å². The third kappa shape index (κ3) is 8.29. The second-order valence-electron chi connectivity index (χ2n) is 13.7. The summed E-state index contributed by atoms with van der Waals surface area (Å²) in [6, 6.07) is 20.0. The van der Waals surface area contributed by atoms with E-state index >= 15 is 0 Å². The van der Waals surface area contributed by atoms with Gasteiger partial charge in [0.05, 0.1) is 6.04 Å². The van der Waals surface area contributed by atoms with Crippen molar-refractivity contribution in [3.63, 3.8) is 0 Å². The molecule has 0 saturated carbocycles. The van der Waals surface area contributed by atoms with E-state index in [-0.39, 0.29) is 29.5 Å². The fraction of sp³-hybridized carbons (Fsp3) is 0.588. The predicted molar refractivity (Wildman–Crippen MR) is 168 cm³/mol. The van der Waals surface area contributed by atoms with Crippen molar-refractivity contribution in [2.75, 3.05) is 39.0 Å². The Labute approximate surface area is 251 Å². The zero-order chi connectivity index (χ0) is 29.8. The zero-order valence-corrected chi connectivity index (χ0v) is 26.9. The smallest absolute Gasteiger partial charge is 0.410 e. The van der Waals surface area contributed by atoms with Crippen LogP contribution in [0.15, 0.2) is 59.5 Å². The van der Waals surface area contributed by atoms with Crippen LogP contribution in [0.25, 0.3) is 0 Å². The number of benzene rings is 2. The maximum Gasteiger partial charge on any atom is 0.410 e. The van der Waals surface area contributed by atoms with Crippen molar-refractivity contribution in [3.8, 4) is 0 Å². The Morgan fingerprint density at radius 3 is 2.05 bits per heavy atom. The molecule has 0 N–H and O–H groups in total. The molecule has 41 heavy (non-hydrogen) atoms. The Hall–Kier alpha value is -2.51. The summed E-state index contributed by atoms with van der Waals surface area (Å²) in [4.78, 5) is 34.1. The van der Waals surface area contributed by atoms with Crippen LogP contribution in [-0.4, -0.2) is 77.3 Å². The lowest BCUT2D eigenvalue weighted by Gasteiger charge is -2.50. The van der Waals surface area contributed by atoms with Gasteiger partial charge in [-0.3, -0.25) is 9.69 Å². The number of rotatable bonds is 6. The summed E-state index contributed by atoms with van der Waals surface area (Å²) in [5.41, 5.74) is 2.02. The number of amides is 2. The Balaban J connectivity index is 1.45. The highest BCUT2D eigenvalue weighted by molar-refractivity contribution is 7.98. The van der Waals surface area contributed by atoms with Gasteiger partial charge in [-0.15, -0.1) is 11.8 Å². The van der Waals surface area contributed by atoms with Crippen molar-refractivity contribution in [3.05, 3.63) is 65.7 Å². The third-order valence-corrected chi connectivity index (χ3v) is 9.12. The molecule has 2 fully saturated rings. The number of hydrogen-bond donors (Lipinski definition) is 0. The molecule has 0 bridgehead atoms. The summed E-state index contributed by atoms with van der Waals surface area (Å²) >= 11 is 1.76. The molecule has 2 aromatic carbocycles. The first-order chi connectivity index (χ1) is 19.4. The van der Waals surface area contributed by atoms with E-state index in [9.17, 15) is 9.59 Å². The average Bonchev–Trinajstić information content (AvgIpc) is 2.93. The van der Waals surface area contributed by atoms with Crippen LogP contribution >= 0.6 is 11.8 Å². The van der Waals surface area contributed by atoms with Gasteiger partial charge >= 0.3 is 6.09 Å². The standard InChI is InChI=1S/C34H49N3O3S/c1-33(2,3)29-24-36(31(26-11-9-8-10-12-26)27-13-15-28(41-7)16-14-27)21-22-37(29)30(38)23-25-17-19-35(20-18-25)32(39)40-34(4,5)6/h8-16,25,29,31H,17-24H2,1-7H3/t29-,31?/m1/s1. The largest absolute Gasteiger partial charge is 0.444 e. The number of nitrogens with zero attached hydrogens (tertiary/aromatic N) is 3. The van der Waals surface area contributed by atoms with Crippen molar-refractivity contribution in [2.24, 2.45) is 11.3 Å². The highest BCUT2D eigenvalue weighted by atomic mass is 32.2. The molecule has 7 heteroatoms. The van der Waals surface area contributed by atoms with Gasteiger partial charge in [0.15, 0.2) is 0 Å². The van der Waals surface area contributed by atoms with Crippen molar-refractivity contribution in [1.29, 1.82) is 0 Å². The molecule has 2 aromatic rings. The van der Waals surface area contributed by atoms with E-state index in [4.69, 9.17) is 4.74 Å². The molecule has 0 spiro atoms. The summed E-state index contributed by atoms with van der Waals surface area (Å²) in [6.45, 7) is 16.1. The summed E-state index contributed by atoms with van der Waals surface area (Å²) in [5, 5.41) is 0. The first-order valence-electron chi connectivity index (χ1n) is 15.1. The predicted octanol–water partition coefficient (Wildman–Crippen LogP) is 7.09. The van der Waals surface area contributed by atoms with Crippen molar-refractivity contribution in [1.82, 2.24) is 14.7 Å². The second-order valence-corrected chi connectivity index (χ2v) is 14.5. The van der Waals surface area contributed by atoms with Crippen LogP contribution in [0.3, 0.4) is 0 Å². The minimum Gasteiger partial charge on any atom is -0.444 e. The van der Waals surface area contributed by atoms with Gasteiger partial charge < -0.3 is 14.5 Å². The molecule has 0 aliphatic carbocycles. The molecule has 1 unspecified atom stereocenters. The topological polar surface area (TPSA) is 53.1 Å². The monoisotopic (exact) mass is 579 g/mol. The summed E-state index contributed by atoms with van der Waals surface area (Å²) in [5.74, 6) is 0.549. The quantitative estimate of drug-likeness (QED) is 0.342. The van der Waals surface area contributed by atoms with Crippen LogP contribution in [0.5, 0.6) is 0 Å². The Morgan fingerprint density at radius 1 is 0.878 bits per heavy atom. The van der Waals surface area contributed by atoms with Crippen LogP contribution in [-0.2, 0) is 9.53 Å². The highest BCUT2D eigenvalue weighted by Crippen LogP contribution is 2.36. The van der Waals surface area contributed by atoms with Gasteiger partial charge in [-0.25, -0.2) is 4.79 Å². The molecule has 2 aliphatic rings. The Morgan fingerprint density at radius 2 is 1.49 bits per heavy atom. The minimum absolute atomic E-state index is 0.0572. The maximum absolute atomic E-state index is 13.8. The molecule has 224 valence electrons. The lowest BCUT2D eigenvalue weighted by atomic mass is 9.82. The fourth-order valence-electron chi connectivity index (χ4n) is 6.12. The lowest BCUT2D eigenvalue weighted by Crippen LogP contribution is -2.60. The van der Waals surface area contributed by atoms with E-state index in [2.05, 4.69) is 91.4 Å². The molecule has 0 radical (unpaired) electrons. The SMILES string of the molecule is CSc1ccc(C(c2ccccc2)N2CCN(C(=O)CC3CCN(C(=O)OC(C)(C)C)CC3)[C@@H](C(C)(C)C)C2)cc1. The molecular weight excluding hydrogens is 530 g/mol. The summed E-state index contributed by atoms with van der Waals surface area (Å²) < 4.78 is 5.55. The maximum atomic E-state index is 13.8. The van der Waals surface area contributed by atoms with E-state index in [1.54, 1.807) is 16.7 Å². The molecule has 0 aromatic heterocycles.